The molecule has 1 fully saturated rings. The largest absolute Gasteiger partial charge is 0.469 e. The number of ether oxygens (including phenoxy) is 1. The molecule has 0 bridgehead atoms. The number of hydrogen-bond donors (Lipinski definition) is 2. The zero-order valence-electron chi connectivity index (χ0n) is 17.5. The molecule has 0 radical (unpaired) electrons. The molecule has 0 saturated carbocycles. The molecule has 11 heteroatoms. The van der Waals surface area contributed by atoms with Crippen LogP contribution in [-0.4, -0.2) is 62.6 Å². The van der Waals surface area contributed by atoms with Crippen molar-refractivity contribution in [2.24, 2.45) is 10.9 Å². The van der Waals surface area contributed by atoms with E-state index in [-0.39, 0.29) is 48.0 Å². The van der Waals surface area contributed by atoms with Gasteiger partial charge in [-0.3, -0.25) is 14.6 Å². The fourth-order valence-electron chi connectivity index (χ4n) is 3.16. The summed E-state index contributed by atoms with van der Waals surface area (Å²) in [6.45, 7) is 4.52. The molecule has 1 amide bonds. The Balaban J connectivity index is 0.00000480. The van der Waals surface area contributed by atoms with Crippen LogP contribution in [0.4, 0.5) is 13.2 Å². The average Bonchev–Trinajstić information content (AvgIpc) is 2.74. The lowest BCUT2D eigenvalue weighted by Crippen LogP contribution is -2.47. The van der Waals surface area contributed by atoms with Crippen molar-refractivity contribution in [3.63, 3.8) is 0 Å². The van der Waals surface area contributed by atoms with Gasteiger partial charge in [0.1, 0.15) is 0 Å². The van der Waals surface area contributed by atoms with E-state index < -0.39 is 17.6 Å². The summed E-state index contributed by atoms with van der Waals surface area (Å²) in [5.74, 6) is -0.0490. The van der Waals surface area contributed by atoms with Crippen LogP contribution in [0.2, 0.25) is 0 Å². The van der Waals surface area contributed by atoms with Crippen LogP contribution >= 0.6 is 24.0 Å². The third-order valence-electron chi connectivity index (χ3n) is 4.80. The van der Waals surface area contributed by atoms with Crippen molar-refractivity contribution in [2.45, 2.75) is 25.9 Å². The van der Waals surface area contributed by atoms with Crippen LogP contribution in [0.25, 0.3) is 0 Å². The smallest absolute Gasteiger partial charge is 0.416 e. The van der Waals surface area contributed by atoms with Gasteiger partial charge in [0.25, 0.3) is 5.91 Å². The minimum atomic E-state index is -4.43. The van der Waals surface area contributed by atoms with Crippen LogP contribution in [0.15, 0.2) is 29.3 Å². The number of amides is 1. The Morgan fingerprint density at radius 2 is 1.77 bits per heavy atom. The molecule has 2 N–H and O–H groups in total. The molecular formula is C20H28F3IN4O3. The highest BCUT2D eigenvalue weighted by Crippen LogP contribution is 2.29. The molecule has 31 heavy (non-hydrogen) atoms. The Hall–Kier alpha value is -2.05. The van der Waals surface area contributed by atoms with Gasteiger partial charge in [-0.15, -0.1) is 24.0 Å². The first-order valence-corrected chi connectivity index (χ1v) is 9.82. The van der Waals surface area contributed by atoms with Crippen molar-refractivity contribution in [2.75, 3.05) is 39.8 Å². The summed E-state index contributed by atoms with van der Waals surface area (Å²) < 4.78 is 42.6. The van der Waals surface area contributed by atoms with Crippen LogP contribution in [0.3, 0.4) is 0 Å². The Morgan fingerprint density at radius 3 is 2.29 bits per heavy atom. The number of benzene rings is 1. The summed E-state index contributed by atoms with van der Waals surface area (Å²) in [6.07, 6.45) is -3.07. The summed E-state index contributed by atoms with van der Waals surface area (Å²) in [7, 11) is 1.39. The van der Waals surface area contributed by atoms with E-state index in [0.29, 0.717) is 45.0 Å². The number of nitrogens with zero attached hydrogens (tertiary/aromatic N) is 2. The summed E-state index contributed by atoms with van der Waals surface area (Å²) in [5, 5.41) is 5.84. The van der Waals surface area contributed by atoms with Crippen LogP contribution in [0.1, 0.15) is 35.7 Å². The topological polar surface area (TPSA) is 83.0 Å². The number of alkyl halides is 3. The van der Waals surface area contributed by atoms with Gasteiger partial charge in [0.15, 0.2) is 5.96 Å². The van der Waals surface area contributed by atoms with Crippen molar-refractivity contribution >= 4 is 41.8 Å². The third kappa shape index (κ3) is 8.19. The number of halogens is 4. The fraction of sp³-hybridized carbons (Fsp3) is 0.550. The van der Waals surface area contributed by atoms with Gasteiger partial charge in [-0.1, -0.05) is 0 Å². The predicted molar refractivity (Wildman–Crippen MR) is 121 cm³/mol. The number of guanidine groups is 1. The Kier molecular flexibility index (Phi) is 11.1. The number of aliphatic imine (C=N–C) groups is 1. The number of carbonyl (C=O) groups excluding carboxylic acids is 2. The highest BCUT2D eigenvalue weighted by atomic mass is 127. The van der Waals surface area contributed by atoms with Crippen LogP contribution < -0.4 is 10.6 Å². The molecule has 1 aromatic carbocycles. The highest BCUT2D eigenvalue weighted by molar-refractivity contribution is 14.0. The first-order valence-electron chi connectivity index (χ1n) is 9.82. The predicted octanol–water partition coefficient (Wildman–Crippen LogP) is 2.90. The van der Waals surface area contributed by atoms with E-state index in [2.05, 4.69) is 20.5 Å². The SMILES string of the molecule is CCNC(=NCCNC(=O)c1ccc(C(F)(F)F)cc1)N1CCC(C(=O)OC)CC1.I. The maximum absolute atomic E-state index is 12.6. The standard InChI is InChI=1S/C20H27F3N4O3.HI/c1-3-24-19(27-12-8-15(9-13-27)18(29)30-2)26-11-10-25-17(28)14-4-6-16(7-5-14)20(21,22)23;/h4-7,15H,3,8-13H2,1-2H3,(H,24,26)(H,25,28);1H. The molecule has 1 aromatic rings. The molecule has 0 aromatic heterocycles. The van der Waals surface area contributed by atoms with Crippen molar-refractivity contribution in [1.29, 1.82) is 0 Å². The Morgan fingerprint density at radius 1 is 1.16 bits per heavy atom. The summed E-state index contributed by atoms with van der Waals surface area (Å²) in [5.41, 5.74) is -0.640. The van der Waals surface area contributed by atoms with E-state index in [0.717, 1.165) is 24.3 Å². The number of methoxy groups -OCH3 is 1. The minimum Gasteiger partial charge on any atom is -0.469 e. The van der Waals surface area contributed by atoms with E-state index in [1.54, 1.807) is 0 Å². The molecule has 2 rings (SSSR count). The summed E-state index contributed by atoms with van der Waals surface area (Å²) in [6, 6.07) is 4.07. The molecule has 174 valence electrons. The van der Waals surface area contributed by atoms with Gasteiger partial charge in [-0.25, -0.2) is 0 Å². The Bertz CT molecular complexity index is 749. The average molecular weight is 556 g/mol. The second-order valence-corrected chi connectivity index (χ2v) is 6.85. The van der Waals surface area contributed by atoms with E-state index in [1.165, 1.54) is 7.11 Å². The summed E-state index contributed by atoms with van der Waals surface area (Å²) in [4.78, 5) is 30.3. The lowest BCUT2D eigenvalue weighted by atomic mass is 9.97. The van der Waals surface area contributed by atoms with Gasteiger partial charge < -0.3 is 20.3 Å². The second-order valence-electron chi connectivity index (χ2n) is 6.85. The number of nitrogens with one attached hydrogen (secondary N) is 2. The highest BCUT2D eigenvalue weighted by Gasteiger charge is 2.30. The van der Waals surface area contributed by atoms with E-state index >= 15 is 0 Å². The van der Waals surface area contributed by atoms with Gasteiger partial charge in [-0.05, 0) is 44.0 Å². The third-order valence-corrected chi connectivity index (χ3v) is 4.80. The van der Waals surface area contributed by atoms with E-state index in [9.17, 15) is 22.8 Å². The van der Waals surface area contributed by atoms with Crippen LogP contribution in [-0.2, 0) is 15.7 Å². The van der Waals surface area contributed by atoms with E-state index in [1.807, 2.05) is 6.92 Å². The van der Waals surface area contributed by atoms with Gasteiger partial charge in [0.05, 0.1) is 25.1 Å². The van der Waals surface area contributed by atoms with Crippen molar-refractivity contribution in [3.05, 3.63) is 35.4 Å². The lowest BCUT2D eigenvalue weighted by molar-refractivity contribution is -0.146. The van der Waals surface area contributed by atoms with Gasteiger partial charge >= 0.3 is 12.1 Å². The lowest BCUT2D eigenvalue weighted by Gasteiger charge is -2.33. The molecule has 7 nitrogen and oxygen atoms in total. The van der Waals surface area contributed by atoms with Crippen molar-refractivity contribution in [3.8, 4) is 0 Å². The molecule has 1 heterocycles. The quantitative estimate of drug-likeness (QED) is 0.185. The maximum Gasteiger partial charge on any atom is 0.416 e. The maximum atomic E-state index is 12.6. The zero-order valence-corrected chi connectivity index (χ0v) is 19.8. The van der Waals surface area contributed by atoms with Gasteiger partial charge in [0.2, 0.25) is 0 Å². The van der Waals surface area contributed by atoms with Crippen molar-refractivity contribution < 1.29 is 27.5 Å². The zero-order chi connectivity index (χ0) is 22.1. The minimum absolute atomic E-state index is 0. The number of esters is 1. The van der Waals surface area contributed by atoms with Crippen LogP contribution in [0.5, 0.6) is 0 Å². The number of hydrogen-bond acceptors (Lipinski definition) is 4. The number of likely N-dealkylation sites (tertiary alicyclic amines) is 1. The van der Waals surface area contributed by atoms with Gasteiger partial charge in [0, 0.05) is 31.7 Å². The molecule has 0 spiro atoms. The molecule has 0 unspecified atom stereocenters. The Labute approximate surface area is 196 Å². The molecule has 0 aliphatic carbocycles. The first-order chi connectivity index (χ1) is 14.3. The second kappa shape index (κ2) is 12.7. The molecule has 1 saturated heterocycles. The van der Waals surface area contributed by atoms with Crippen molar-refractivity contribution in [1.82, 2.24) is 15.5 Å². The molecular weight excluding hydrogens is 528 g/mol. The number of piperidine rings is 1. The molecule has 1 aliphatic rings. The molecule has 1 aliphatic heterocycles. The van der Waals surface area contributed by atoms with Gasteiger partial charge in [-0.2, -0.15) is 13.2 Å². The fourth-order valence-corrected chi connectivity index (χ4v) is 3.16. The normalized spacial score (nSPS) is 15.1. The monoisotopic (exact) mass is 556 g/mol. The molecule has 0 atom stereocenters. The van der Waals surface area contributed by atoms with E-state index in [4.69, 9.17) is 4.74 Å². The summed E-state index contributed by atoms with van der Waals surface area (Å²) >= 11 is 0. The number of carbonyl (C=O) groups is 2. The first kappa shape index (κ1) is 27.0. The van der Waals surface area contributed by atoms with Crippen LogP contribution in [0, 0.1) is 5.92 Å². The number of rotatable bonds is 6.